The highest BCUT2D eigenvalue weighted by molar-refractivity contribution is 4.82. The van der Waals surface area contributed by atoms with Crippen LogP contribution in [0.5, 0.6) is 0 Å². The molecule has 0 aromatic rings. The molecule has 106 valence electrons. The van der Waals surface area contributed by atoms with Crippen LogP contribution in [0, 0.1) is 17.8 Å². The second-order valence-corrected chi connectivity index (χ2v) is 6.76. The van der Waals surface area contributed by atoms with E-state index < -0.39 is 0 Å². The van der Waals surface area contributed by atoms with E-state index in [2.05, 4.69) is 13.8 Å². The van der Waals surface area contributed by atoms with E-state index in [1.165, 1.54) is 38.5 Å². The van der Waals surface area contributed by atoms with Crippen LogP contribution in [0.4, 0.5) is 0 Å². The van der Waals surface area contributed by atoms with Crippen LogP contribution in [0.1, 0.15) is 65.2 Å². The molecule has 0 amide bonds. The van der Waals surface area contributed by atoms with E-state index in [4.69, 9.17) is 4.74 Å². The van der Waals surface area contributed by atoms with E-state index in [9.17, 15) is 5.11 Å². The number of hydrogen-bond donors (Lipinski definition) is 1. The molecule has 0 aromatic carbocycles. The number of hydrogen-bond acceptors (Lipinski definition) is 2. The molecule has 1 N–H and O–H groups in total. The van der Waals surface area contributed by atoms with Crippen molar-refractivity contribution in [2.45, 2.75) is 77.4 Å². The van der Waals surface area contributed by atoms with Crippen LogP contribution in [0.2, 0.25) is 0 Å². The monoisotopic (exact) mass is 254 g/mol. The van der Waals surface area contributed by atoms with Crippen LogP contribution in [0.15, 0.2) is 0 Å². The number of ether oxygens (including phenoxy) is 1. The minimum atomic E-state index is -0.219. The Balaban J connectivity index is 1.75. The molecule has 0 spiro atoms. The van der Waals surface area contributed by atoms with E-state index in [1.807, 2.05) is 0 Å². The van der Waals surface area contributed by atoms with E-state index >= 15 is 0 Å². The fraction of sp³-hybridized carbons (Fsp3) is 1.00. The standard InChI is InChI=1S/C16H30O2/c1-12(2)14-8-9-15(17)16(10-14)18-11-13-6-4-3-5-7-13/h12-17H,3-11H2,1-2H3. The molecular weight excluding hydrogens is 224 g/mol. The molecular formula is C16H30O2. The zero-order chi connectivity index (χ0) is 13.0. The van der Waals surface area contributed by atoms with Crippen molar-refractivity contribution in [1.29, 1.82) is 0 Å². The van der Waals surface area contributed by atoms with Gasteiger partial charge >= 0.3 is 0 Å². The lowest BCUT2D eigenvalue weighted by molar-refractivity contribution is -0.0875. The number of aliphatic hydroxyl groups is 1. The Morgan fingerprint density at radius 3 is 2.44 bits per heavy atom. The van der Waals surface area contributed by atoms with Crippen molar-refractivity contribution in [2.75, 3.05) is 6.61 Å². The first-order valence-electron chi connectivity index (χ1n) is 7.96. The summed E-state index contributed by atoms with van der Waals surface area (Å²) in [5, 5.41) is 10.1. The normalized spacial score (nSPS) is 35.0. The Labute approximate surface area is 112 Å². The lowest BCUT2D eigenvalue weighted by Crippen LogP contribution is -2.38. The average molecular weight is 254 g/mol. The van der Waals surface area contributed by atoms with Crippen molar-refractivity contribution >= 4 is 0 Å². The van der Waals surface area contributed by atoms with Gasteiger partial charge in [-0.15, -0.1) is 0 Å². The van der Waals surface area contributed by atoms with Crippen molar-refractivity contribution in [2.24, 2.45) is 17.8 Å². The predicted molar refractivity (Wildman–Crippen MR) is 74.5 cm³/mol. The van der Waals surface area contributed by atoms with Crippen LogP contribution < -0.4 is 0 Å². The molecule has 0 radical (unpaired) electrons. The highest BCUT2D eigenvalue weighted by Crippen LogP contribution is 2.33. The Kier molecular flexibility index (Phi) is 5.50. The largest absolute Gasteiger partial charge is 0.390 e. The van der Waals surface area contributed by atoms with Gasteiger partial charge in [-0.1, -0.05) is 33.1 Å². The molecule has 2 nitrogen and oxygen atoms in total. The second kappa shape index (κ2) is 6.91. The molecule has 0 aromatic heterocycles. The van der Waals surface area contributed by atoms with Crippen molar-refractivity contribution in [3.8, 4) is 0 Å². The smallest absolute Gasteiger partial charge is 0.0836 e. The lowest BCUT2D eigenvalue weighted by atomic mass is 9.79. The first-order valence-corrected chi connectivity index (χ1v) is 7.96. The topological polar surface area (TPSA) is 29.5 Å². The molecule has 0 aliphatic heterocycles. The molecule has 2 heteroatoms. The van der Waals surface area contributed by atoms with Gasteiger partial charge < -0.3 is 9.84 Å². The van der Waals surface area contributed by atoms with Crippen molar-refractivity contribution in [3.05, 3.63) is 0 Å². The zero-order valence-electron chi connectivity index (χ0n) is 12.1. The van der Waals surface area contributed by atoms with E-state index in [0.29, 0.717) is 0 Å². The van der Waals surface area contributed by atoms with Gasteiger partial charge in [-0.3, -0.25) is 0 Å². The highest BCUT2D eigenvalue weighted by Gasteiger charge is 2.31. The van der Waals surface area contributed by atoms with Crippen molar-refractivity contribution in [1.82, 2.24) is 0 Å². The van der Waals surface area contributed by atoms with Crippen LogP contribution in [-0.2, 0) is 4.74 Å². The third-order valence-corrected chi connectivity index (χ3v) is 5.01. The SMILES string of the molecule is CC(C)C1CCC(O)C(OCC2CCCCC2)C1. The van der Waals surface area contributed by atoms with Gasteiger partial charge in [0.1, 0.15) is 0 Å². The second-order valence-electron chi connectivity index (χ2n) is 6.76. The first-order chi connectivity index (χ1) is 8.66. The molecule has 3 unspecified atom stereocenters. The quantitative estimate of drug-likeness (QED) is 0.827. The Morgan fingerprint density at radius 2 is 1.78 bits per heavy atom. The van der Waals surface area contributed by atoms with Crippen molar-refractivity contribution in [3.63, 3.8) is 0 Å². The minimum Gasteiger partial charge on any atom is -0.390 e. The summed E-state index contributed by atoms with van der Waals surface area (Å²) in [6, 6.07) is 0. The van der Waals surface area contributed by atoms with Gasteiger partial charge in [0.25, 0.3) is 0 Å². The predicted octanol–water partition coefficient (Wildman–Crippen LogP) is 3.77. The molecule has 2 aliphatic carbocycles. The summed E-state index contributed by atoms with van der Waals surface area (Å²) in [5.74, 6) is 2.22. The number of rotatable bonds is 4. The fourth-order valence-electron chi connectivity index (χ4n) is 3.54. The van der Waals surface area contributed by atoms with Gasteiger partial charge in [0.05, 0.1) is 12.2 Å². The third kappa shape index (κ3) is 3.96. The Hall–Kier alpha value is -0.0800. The van der Waals surface area contributed by atoms with E-state index in [-0.39, 0.29) is 12.2 Å². The minimum absolute atomic E-state index is 0.105. The summed E-state index contributed by atoms with van der Waals surface area (Å²) in [5.41, 5.74) is 0. The highest BCUT2D eigenvalue weighted by atomic mass is 16.5. The average Bonchev–Trinajstić information content (AvgIpc) is 2.38. The molecule has 3 atom stereocenters. The maximum absolute atomic E-state index is 10.1. The summed E-state index contributed by atoms with van der Waals surface area (Å²) in [4.78, 5) is 0. The maximum atomic E-state index is 10.1. The van der Waals surface area contributed by atoms with E-state index in [0.717, 1.165) is 37.2 Å². The molecule has 0 saturated heterocycles. The zero-order valence-corrected chi connectivity index (χ0v) is 12.1. The maximum Gasteiger partial charge on any atom is 0.0836 e. The molecule has 2 rings (SSSR count). The van der Waals surface area contributed by atoms with Crippen LogP contribution in [0.25, 0.3) is 0 Å². The first kappa shape index (κ1) is 14.3. The van der Waals surface area contributed by atoms with Gasteiger partial charge in [-0.25, -0.2) is 0 Å². The molecule has 2 aliphatic rings. The molecule has 0 bridgehead atoms. The summed E-state index contributed by atoms with van der Waals surface area (Å²) in [6.45, 7) is 5.47. The summed E-state index contributed by atoms with van der Waals surface area (Å²) in [6.07, 6.45) is 9.85. The van der Waals surface area contributed by atoms with Gasteiger partial charge in [0, 0.05) is 6.61 Å². The molecule has 2 fully saturated rings. The summed E-state index contributed by atoms with van der Waals surface area (Å²) in [7, 11) is 0. The van der Waals surface area contributed by atoms with Gasteiger partial charge in [-0.2, -0.15) is 0 Å². The van der Waals surface area contributed by atoms with Gasteiger partial charge in [0.15, 0.2) is 0 Å². The van der Waals surface area contributed by atoms with Gasteiger partial charge in [-0.05, 0) is 49.9 Å². The van der Waals surface area contributed by atoms with Crippen molar-refractivity contribution < 1.29 is 9.84 Å². The third-order valence-electron chi connectivity index (χ3n) is 5.01. The lowest BCUT2D eigenvalue weighted by Gasteiger charge is -2.36. The Morgan fingerprint density at radius 1 is 1.06 bits per heavy atom. The van der Waals surface area contributed by atoms with Crippen LogP contribution >= 0.6 is 0 Å². The molecule has 18 heavy (non-hydrogen) atoms. The molecule has 2 saturated carbocycles. The summed E-state index contributed by atoms with van der Waals surface area (Å²) >= 11 is 0. The number of aliphatic hydroxyl groups excluding tert-OH is 1. The molecule has 0 heterocycles. The van der Waals surface area contributed by atoms with Crippen LogP contribution in [-0.4, -0.2) is 23.9 Å². The Bertz CT molecular complexity index is 233. The van der Waals surface area contributed by atoms with Crippen LogP contribution in [0.3, 0.4) is 0 Å². The van der Waals surface area contributed by atoms with Gasteiger partial charge in [0.2, 0.25) is 0 Å². The van der Waals surface area contributed by atoms with E-state index in [1.54, 1.807) is 0 Å². The summed E-state index contributed by atoms with van der Waals surface area (Å²) < 4.78 is 6.07. The fourth-order valence-corrected chi connectivity index (χ4v) is 3.54.